The van der Waals surface area contributed by atoms with E-state index in [9.17, 15) is 13.2 Å². The van der Waals surface area contributed by atoms with Gasteiger partial charge in [0, 0.05) is 71.2 Å². The minimum absolute atomic E-state index is 0.0152. The molecule has 6 rings (SSSR count). The van der Waals surface area contributed by atoms with Crippen molar-refractivity contribution < 1.29 is 13.2 Å². The summed E-state index contributed by atoms with van der Waals surface area (Å²) in [5, 5.41) is 11.2. The van der Waals surface area contributed by atoms with Crippen LogP contribution in [0, 0.1) is 6.92 Å². The second-order valence-corrected chi connectivity index (χ2v) is 13.6. The third-order valence-corrected chi connectivity index (χ3v) is 9.80. The fourth-order valence-electron chi connectivity index (χ4n) is 5.50. The zero-order valence-electron chi connectivity index (χ0n) is 25.5. The molecule has 5 aromatic rings. The van der Waals surface area contributed by atoms with E-state index in [0.717, 1.165) is 46.8 Å². The zero-order chi connectivity index (χ0) is 32.3. The minimum Gasteiger partial charge on any atom is -0.384 e. The summed E-state index contributed by atoms with van der Waals surface area (Å²) in [4.78, 5) is 27.7. The van der Waals surface area contributed by atoms with Crippen LogP contribution in [0.3, 0.4) is 0 Å². The smallest absolute Gasteiger partial charge is 0.260 e. The molecular formula is C32H35ClN8O4S. The fraction of sp³-hybridized carbons (Fsp3) is 0.312. The van der Waals surface area contributed by atoms with E-state index in [1.54, 1.807) is 24.4 Å². The van der Waals surface area contributed by atoms with Gasteiger partial charge in [0.25, 0.3) is 5.56 Å². The van der Waals surface area contributed by atoms with Gasteiger partial charge in [-0.05, 0) is 68.3 Å². The molecule has 1 aliphatic rings. The Morgan fingerprint density at radius 2 is 1.89 bits per heavy atom. The molecule has 46 heavy (non-hydrogen) atoms. The van der Waals surface area contributed by atoms with Crippen molar-refractivity contribution in [2.45, 2.75) is 32.4 Å². The Labute approximate surface area is 271 Å². The highest BCUT2D eigenvalue weighted by Crippen LogP contribution is 2.29. The van der Waals surface area contributed by atoms with Crippen molar-refractivity contribution in [1.82, 2.24) is 28.8 Å². The summed E-state index contributed by atoms with van der Waals surface area (Å²) in [7, 11) is -2.36. The van der Waals surface area contributed by atoms with Crippen LogP contribution in [0.5, 0.6) is 0 Å². The number of ether oxygens (including phenoxy) is 1. The Balaban J connectivity index is 1.38. The first-order valence-electron chi connectivity index (χ1n) is 15.0. The van der Waals surface area contributed by atoms with E-state index in [1.165, 1.54) is 24.1 Å². The van der Waals surface area contributed by atoms with Crippen molar-refractivity contribution in [3.63, 3.8) is 0 Å². The molecule has 1 fully saturated rings. The first kappa shape index (κ1) is 31.7. The van der Waals surface area contributed by atoms with Gasteiger partial charge in [-0.2, -0.15) is 4.98 Å². The van der Waals surface area contributed by atoms with Crippen molar-refractivity contribution in [3.05, 3.63) is 93.9 Å². The fourth-order valence-corrected chi connectivity index (χ4v) is 7.08. The van der Waals surface area contributed by atoms with E-state index < -0.39 is 15.6 Å². The van der Waals surface area contributed by atoms with E-state index in [2.05, 4.69) is 25.9 Å². The topological polar surface area (TPSA) is 145 Å². The number of fused-ring (bicyclic) bond motifs is 1. The van der Waals surface area contributed by atoms with Gasteiger partial charge in [0.1, 0.15) is 11.5 Å². The highest BCUT2D eigenvalue weighted by molar-refractivity contribution is 7.89. The summed E-state index contributed by atoms with van der Waals surface area (Å²) >= 11 is 6.59. The summed E-state index contributed by atoms with van der Waals surface area (Å²) in [6.45, 7) is 3.75. The lowest BCUT2D eigenvalue weighted by atomic mass is 10.0. The van der Waals surface area contributed by atoms with E-state index in [0.29, 0.717) is 33.2 Å². The predicted molar refractivity (Wildman–Crippen MR) is 181 cm³/mol. The van der Waals surface area contributed by atoms with Crippen LogP contribution in [0.4, 0.5) is 17.3 Å². The van der Waals surface area contributed by atoms with Crippen molar-refractivity contribution in [2.24, 2.45) is 0 Å². The molecule has 0 saturated carbocycles. The van der Waals surface area contributed by atoms with Crippen LogP contribution < -0.4 is 21.5 Å². The summed E-state index contributed by atoms with van der Waals surface area (Å²) in [6, 6.07) is 15.4. The number of piperidine rings is 1. The molecule has 12 nitrogen and oxygen atoms in total. The van der Waals surface area contributed by atoms with Crippen LogP contribution in [0.25, 0.3) is 22.2 Å². The van der Waals surface area contributed by atoms with Crippen molar-refractivity contribution in [2.75, 3.05) is 43.2 Å². The molecule has 1 unspecified atom stereocenters. The molecular weight excluding hydrogens is 628 g/mol. The molecule has 2 aromatic carbocycles. The van der Waals surface area contributed by atoms with Crippen molar-refractivity contribution in [1.29, 1.82) is 0 Å². The number of rotatable bonds is 11. The SMILES string of the molecule is COCCS(=O)(=O)n1ccnc1Cn1c(=O)c(-c2ccc(C)cc2Cl)cc2cnc(Nc3ccc(NC4CCCNC4)cc3)nc21. The highest BCUT2D eigenvalue weighted by Gasteiger charge is 2.21. The lowest BCUT2D eigenvalue weighted by Gasteiger charge is -2.24. The number of methoxy groups -OCH3 is 1. The van der Waals surface area contributed by atoms with Gasteiger partial charge < -0.3 is 20.7 Å². The second kappa shape index (κ2) is 13.6. The molecule has 0 spiro atoms. The predicted octanol–water partition coefficient (Wildman–Crippen LogP) is 4.40. The Morgan fingerprint density at radius 1 is 1.09 bits per heavy atom. The van der Waals surface area contributed by atoms with Gasteiger partial charge in [-0.3, -0.25) is 9.36 Å². The zero-order valence-corrected chi connectivity index (χ0v) is 27.1. The molecule has 0 bridgehead atoms. The van der Waals surface area contributed by atoms with Gasteiger partial charge in [0.2, 0.25) is 16.0 Å². The number of aromatic nitrogens is 5. The van der Waals surface area contributed by atoms with Crippen LogP contribution in [-0.2, 0) is 21.3 Å². The number of hydrogen-bond donors (Lipinski definition) is 3. The van der Waals surface area contributed by atoms with Crippen LogP contribution in [0.1, 0.15) is 24.2 Å². The first-order chi connectivity index (χ1) is 22.2. The van der Waals surface area contributed by atoms with E-state index in [-0.39, 0.29) is 30.7 Å². The Bertz CT molecular complexity index is 2020. The van der Waals surface area contributed by atoms with Crippen LogP contribution in [0.2, 0.25) is 5.02 Å². The van der Waals surface area contributed by atoms with Gasteiger partial charge in [-0.25, -0.2) is 22.4 Å². The van der Waals surface area contributed by atoms with Gasteiger partial charge in [0.05, 0.1) is 18.9 Å². The van der Waals surface area contributed by atoms with Gasteiger partial charge in [-0.15, -0.1) is 0 Å². The molecule has 1 atom stereocenters. The Kier molecular flexibility index (Phi) is 9.36. The quantitative estimate of drug-likeness (QED) is 0.186. The highest BCUT2D eigenvalue weighted by atomic mass is 35.5. The third kappa shape index (κ3) is 6.92. The molecule has 0 aliphatic carbocycles. The average molecular weight is 663 g/mol. The number of halogens is 1. The monoisotopic (exact) mass is 662 g/mol. The minimum atomic E-state index is -3.79. The summed E-state index contributed by atoms with van der Waals surface area (Å²) in [6.07, 6.45) is 6.64. The number of aryl methyl sites for hydroxylation is 1. The lowest BCUT2D eigenvalue weighted by Crippen LogP contribution is -2.38. The maximum Gasteiger partial charge on any atom is 0.260 e. The summed E-state index contributed by atoms with van der Waals surface area (Å²) in [5.41, 5.74) is 3.52. The van der Waals surface area contributed by atoms with E-state index in [4.69, 9.17) is 21.3 Å². The standard InChI is InChI=1S/C32H35ClN8O4S/c1-21-5-10-26(28(33)16-21)27-17-22-18-36-32(38-24-8-6-23(7-9-24)37-25-4-3-11-34-19-25)39-30(22)40(31(27)42)20-29-35-12-13-41(29)46(43,44)15-14-45-2/h5-10,12-13,16-18,25,34,37H,3-4,11,14-15,19-20H2,1-2H3,(H,36,38,39). The maximum absolute atomic E-state index is 14.2. The average Bonchev–Trinajstić information content (AvgIpc) is 3.53. The van der Waals surface area contributed by atoms with Crippen LogP contribution in [-0.4, -0.2) is 70.5 Å². The van der Waals surface area contributed by atoms with Crippen LogP contribution in [0.15, 0.2) is 71.9 Å². The summed E-state index contributed by atoms with van der Waals surface area (Å²) in [5.74, 6) is 0.176. The number of nitrogens with zero attached hydrogens (tertiary/aromatic N) is 5. The largest absolute Gasteiger partial charge is 0.384 e. The summed E-state index contributed by atoms with van der Waals surface area (Å²) < 4.78 is 33.6. The molecule has 3 aromatic heterocycles. The lowest BCUT2D eigenvalue weighted by molar-refractivity contribution is 0.217. The molecule has 240 valence electrons. The molecule has 0 amide bonds. The number of anilines is 3. The van der Waals surface area contributed by atoms with Crippen molar-refractivity contribution >= 4 is 50.0 Å². The second-order valence-electron chi connectivity index (χ2n) is 11.2. The molecule has 4 heterocycles. The van der Waals surface area contributed by atoms with E-state index in [1.807, 2.05) is 37.3 Å². The van der Waals surface area contributed by atoms with Gasteiger partial charge in [-0.1, -0.05) is 23.7 Å². The van der Waals surface area contributed by atoms with Gasteiger partial charge >= 0.3 is 0 Å². The number of benzene rings is 2. The molecule has 1 aliphatic heterocycles. The number of hydrogen-bond acceptors (Lipinski definition) is 10. The van der Waals surface area contributed by atoms with Crippen molar-refractivity contribution in [3.8, 4) is 11.1 Å². The number of pyridine rings is 1. The van der Waals surface area contributed by atoms with Gasteiger partial charge in [0.15, 0.2) is 0 Å². The molecule has 3 N–H and O–H groups in total. The number of nitrogens with one attached hydrogen (secondary N) is 3. The third-order valence-electron chi connectivity index (χ3n) is 7.88. The van der Waals surface area contributed by atoms with Crippen LogP contribution >= 0.6 is 11.6 Å². The molecule has 14 heteroatoms. The molecule has 1 saturated heterocycles. The number of imidazole rings is 1. The first-order valence-corrected chi connectivity index (χ1v) is 17.0. The van der Waals surface area contributed by atoms with E-state index >= 15 is 0 Å². The Hall–Kier alpha value is -4.30. The normalized spacial score (nSPS) is 15.2. The Morgan fingerprint density at radius 3 is 2.63 bits per heavy atom. The maximum atomic E-state index is 14.2. The molecule has 0 radical (unpaired) electrons.